The Hall–Kier alpha value is -0.220. The molecule has 0 amide bonds. The summed E-state index contributed by atoms with van der Waals surface area (Å²) < 4.78 is 9.87. The second-order valence-electron chi connectivity index (χ2n) is 2.42. The van der Waals surface area contributed by atoms with Gasteiger partial charge in [-0.3, -0.25) is 4.79 Å². The zero-order chi connectivity index (χ0) is 8.69. The normalized spacial score (nSPS) is 13.1. The highest BCUT2D eigenvalue weighted by atomic mass is 32.1. The zero-order valence-electron chi connectivity index (χ0n) is 6.82. The molecule has 0 radical (unpaired) electrons. The van der Waals surface area contributed by atoms with Gasteiger partial charge in [0, 0.05) is 5.75 Å². The Kier molecular flexibility index (Phi) is 6.36. The fourth-order valence-electron chi connectivity index (χ4n) is 0.513. The van der Waals surface area contributed by atoms with Crippen molar-refractivity contribution in [2.24, 2.45) is 0 Å². The number of carbonyl (C=O) groups excluding carboxylic acids is 1. The van der Waals surface area contributed by atoms with E-state index in [1.165, 1.54) is 0 Å². The molecule has 0 saturated carbocycles. The molecule has 0 aliphatic heterocycles. The molecule has 1 unspecified atom stereocenters. The van der Waals surface area contributed by atoms with Gasteiger partial charge in [-0.1, -0.05) is 0 Å². The largest absolute Gasteiger partial charge is 0.461 e. The Bertz CT molecular complexity index is 106. The maximum absolute atomic E-state index is 9.91. The van der Waals surface area contributed by atoms with E-state index in [-0.39, 0.29) is 12.2 Å². The average molecular weight is 178 g/mol. The first kappa shape index (κ1) is 10.8. The molecule has 4 heteroatoms. The predicted octanol–water partition coefficient (Wildman–Crippen LogP) is 0.883. The Morgan fingerprint density at radius 3 is 2.55 bits per heavy atom. The van der Waals surface area contributed by atoms with Crippen molar-refractivity contribution >= 4 is 19.1 Å². The summed E-state index contributed by atoms with van der Waals surface area (Å²) in [5.41, 5.74) is 0. The molecule has 1 atom stereocenters. The van der Waals surface area contributed by atoms with Gasteiger partial charge in [0.2, 0.25) is 0 Å². The third-order valence-corrected chi connectivity index (χ3v) is 1.47. The van der Waals surface area contributed by atoms with Gasteiger partial charge in [0.15, 0.2) is 0 Å². The van der Waals surface area contributed by atoms with Crippen LogP contribution in [-0.2, 0) is 14.3 Å². The SMILES string of the molecule is CC(C)OCC(CS)OC=O. The van der Waals surface area contributed by atoms with Crippen molar-refractivity contribution in [2.75, 3.05) is 12.4 Å². The van der Waals surface area contributed by atoms with Gasteiger partial charge in [-0.05, 0) is 13.8 Å². The molecular weight excluding hydrogens is 164 g/mol. The van der Waals surface area contributed by atoms with E-state index in [0.717, 1.165) is 0 Å². The minimum Gasteiger partial charge on any atom is -0.461 e. The molecule has 0 spiro atoms. The lowest BCUT2D eigenvalue weighted by atomic mass is 10.4. The second kappa shape index (κ2) is 6.49. The number of carbonyl (C=O) groups is 1. The highest BCUT2D eigenvalue weighted by Crippen LogP contribution is 1.97. The monoisotopic (exact) mass is 178 g/mol. The van der Waals surface area contributed by atoms with Crippen LogP contribution in [0, 0.1) is 0 Å². The van der Waals surface area contributed by atoms with Gasteiger partial charge in [0.05, 0.1) is 12.7 Å². The first-order valence-corrected chi connectivity index (χ1v) is 4.15. The number of hydrogen-bond acceptors (Lipinski definition) is 4. The molecule has 66 valence electrons. The van der Waals surface area contributed by atoms with Crippen molar-refractivity contribution < 1.29 is 14.3 Å². The molecule has 0 saturated heterocycles. The van der Waals surface area contributed by atoms with Crippen molar-refractivity contribution in [3.8, 4) is 0 Å². The van der Waals surface area contributed by atoms with Crippen LogP contribution >= 0.6 is 12.6 Å². The molecule has 0 aromatic rings. The molecule has 0 rings (SSSR count). The first-order chi connectivity index (χ1) is 5.20. The van der Waals surface area contributed by atoms with E-state index in [2.05, 4.69) is 17.4 Å². The minimum absolute atomic E-state index is 0.160. The quantitative estimate of drug-likeness (QED) is 0.484. The van der Waals surface area contributed by atoms with Crippen LogP contribution < -0.4 is 0 Å². The van der Waals surface area contributed by atoms with E-state index < -0.39 is 0 Å². The van der Waals surface area contributed by atoms with Crippen LogP contribution in [0.15, 0.2) is 0 Å². The number of rotatable bonds is 6. The number of hydrogen-bond donors (Lipinski definition) is 1. The van der Waals surface area contributed by atoms with Crippen LogP contribution in [0.25, 0.3) is 0 Å². The first-order valence-electron chi connectivity index (χ1n) is 3.52. The molecule has 11 heavy (non-hydrogen) atoms. The molecule has 0 N–H and O–H groups in total. The van der Waals surface area contributed by atoms with Crippen molar-refractivity contribution in [1.82, 2.24) is 0 Å². The fraction of sp³-hybridized carbons (Fsp3) is 0.857. The van der Waals surface area contributed by atoms with Crippen LogP contribution in [0.4, 0.5) is 0 Å². The van der Waals surface area contributed by atoms with Gasteiger partial charge in [0.1, 0.15) is 6.10 Å². The minimum atomic E-state index is -0.224. The molecule has 0 heterocycles. The molecule has 0 aromatic carbocycles. The van der Waals surface area contributed by atoms with E-state index in [1.807, 2.05) is 13.8 Å². The van der Waals surface area contributed by atoms with Gasteiger partial charge >= 0.3 is 0 Å². The highest BCUT2D eigenvalue weighted by molar-refractivity contribution is 7.80. The fourth-order valence-corrected chi connectivity index (χ4v) is 0.705. The Balaban J connectivity index is 3.43. The third-order valence-electron chi connectivity index (χ3n) is 1.07. The summed E-state index contributed by atoms with van der Waals surface area (Å²) in [6.45, 7) is 4.69. The molecule has 0 fully saturated rings. The zero-order valence-corrected chi connectivity index (χ0v) is 7.71. The second-order valence-corrected chi connectivity index (χ2v) is 2.78. The summed E-state index contributed by atoms with van der Waals surface area (Å²) in [4.78, 5) is 9.91. The van der Waals surface area contributed by atoms with Crippen LogP contribution in [0.2, 0.25) is 0 Å². The topological polar surface area (TPSA) is 35.5 Å². The van der Waals surface area contributed by atoms with Crippen LogP contribution in [0.3, 0.4) is 0 Å². The van der Waals surface area contributed by atoms with Crippen molar-refractivity contribution in [3.05, 3.63) is 0 Å². The molecule has 0 bridgehead atoms. The van der Waals surface area contributed by atoms with Gasteiger partial charge in [0.25, 0.3) is 6.47 Å². The summed E-state index contributed by atoms with van der Waals surface area (Å²) in [5.74, 6) is 0.492. The van der Waals surface area contributed by atoms with Crippen molar-refractivity contribution in [3.63, 3.8) is 0 Å². The van der Waals surface area contributed by atoms with Crippen molar-refractivity contribution in [1.29, 1.82) is 0 Å². The van der Waals surface area contributed by atoms with Gasteiger partial charge < -0.3 is 9.47 Å². The summed E-state index contributed by atoms with van der Waals surface area (Å²) in [7, 11) is 0. The lowest BCUT2D eigenvalue weighted by Crippen LogP contribution is -2.23. The third kappa shape index (κ3) is 6.19. The standard InChI is InChI=1S/C7H14O3S/c1-6(2)9-3-7(4-11)10-5-8/h5-7,11H,3-4H2,1-2H3. The number of ether oxygens (including phenoxy) is 2. The average Bonchev–Trinajstić information content (AvgIpc) is 1.97. The van der Waals surface area contributed by atoms with Gasteiger partial charge in [-0.25, -0.2) is 0 Å². The Labute approximate surface area is 72.5 Å². The summed E-state index contributed by atoms with van der Waals surface area (Å²) in [5, 5.41) is 0. The maximum Gasteiger partial charge on any atom is 0.293 e. The van der Waals surface area contributed by atoms with Gasteiger partial charge in [-0.2, -0.15) is 12.6 Å². The molecule has 0 aliphatic carbocycles. The summed E-state index contributed by atoms with van der Waals surface area (Å²) >= 11 is 3.99. The highest BCUT2D eigenvalue weighted by Gasteiger charge is 2.07. The van der Waals surface area contributed by atoms with Crippen LogP contribution in [0.5, 0.6) is 0 Å². The summed E-state index contributed by atoms with van der Waals surface area (Å²) in [6, 6.07) is 0. The van der Waals surface area contributed by atoms with E-state index in [4.69, 9.17) is 4.74 Å². The lowest BCUT2D eigenvalue weighted by Gasteiger charge is -2.14. The maximum atomic E-state index is 9.91. The van der Waals surface area contributed by atoms with E-state index in [9.17, 15) is 4.79 Å². The molecular formula is C7H14O3S. The Morgan fingerprint density at radius 1 is 1.55 bits per heavy atom. The smallest absolute Gasteiger partial charge is 0.293 e. The van der Waals surface area contributed by atoms with E-state index >= 15 is 0 Å². The van der Waals surface area contributed by atoms with E-state index in [0.29, 0.717) is 18.8 Å². The molecule has 0 aromatic heterocycles. The van der Waals surface area contributed by atoms with Crippen LogP contribution in [-0.4, -0.2) is 31.0 Å². The molecule has 0 aliphatic rings. The number of thiol groups is 1. The van der Waals surface area contributed by atoms with Crippen LogP contribution in [0.1, 0.15) is 13.8 Å². The molecule has 3 nitrogen and oxygen atoms in total. The van der Waals surface area contributed by atoms with E-state index in [1.54, 1.807) is 0 Å². The predicted molar refractivity (Wildman–Crippen MR) is 45.9 cm³/mol. The van der Waals surface area contributed by atoms with Crippen molar-refractivity contribution in [2.45, 2.75) is 26.1 Å². The Morgan fingerprint density at radius 2 is 2.18 bits per heavy atom. The summed E-state index contributed by atoms with van der Waals surface area (Å²) in [6.07, 6.45) is -0.0640. The van der Waals surface area contributed by atoms with Gasteiger partial charge in [-0.15, -0.1) is 0 Å². The lowest BCUT2D eigenvalue weighted by molar-refractivity contribution is -0.136.